The second-order valence-electron chi connectivity index (χ2n) is 4.87. The molecule has 2 bridgehead atoms. The first kappa shape index (κ1) is 14.0. The van der Waals surface area contributed by atoms with Gasteiger partial charge in [-0.3, -0.25) is 4.90 Å². The van der Waals surface area contributed by atoms with Gasteiger partial charge in [0.25, 0.3) is 5.88 Å². The predicted molar refractivity (Wildman–Crippen MR) is 71.7 cm³/mol. The quantitative estimate of drug-likeness (QED) is 0.859. The Morgan fingerprint density at radius 1 is 1.44 bits per heavy atom. The zero-order chi connectivity index (χ0) is 11.8. The first-order valence-electron chi connectivity index (χ1n) is 6.31. The number of hydrogen-bond donors (Lipinski definition) is 0. The molecule has 4 rings (SSSR count). The van der Waals surface area contributed by atoms with Gasteiger partial charge >= 0.3 is 0 Å². The van der Waals surface area contributed by atoms with E-state index in [0.29, 0.717) is 22.6 Å². The third-order valence-electron chi connectivity index (χ3n) is 3.85. The van der Waals surface area contributed by atoms with Crippen molar-refractivity contribution in [3.8, 4) is 5.88 Å². The van der Waals surface area contributed by atoms with Gasteiger partial charge in [0.05, 0.1) is 0 Å². The van der Waals surface area contributed by atoms with E-state index in [0.717, 1.165) is 13.0 Å². The molecule has 0 amide bonds. The molecular formula is C12H18Cl2N2O2. The van der Waals surface area contributed by atoms with Crippen LogP contribution in [-0.4, -0.2) is 35.8 Å². The summed E-state index contributed by atoms with van der Waals surface area (Å²) in [4.78, 5) is 2.44. The second kappa shape index (κ2) is 5.68. The summed E-state index contributed by atoms with van der Waals surface area (Å²) < 4.78 is 11.1. The maximum Gasteiger partial charge on any atom is 0.273 e. The van der Waals surface area contributed by atoms with Gasteiger partial charge in [-0.25, -0.2) is 0 Å². The van der Waals surface area contributed by atoms with E-state index < -0.39 is 0 Å². The molecule has 3 fully saturated rings. The summed E-state index contributed by atoms with van der Waals surface area (Å²) in [6.45, 7) is 5.40. The van der Waals surface area contributed by atoms with Gasteiger partial charge in [-0.1, -0.05) is 18.5 Å². The monoisotopic (exact) mass is 292 g/mol. The molecule has 3 saturated heterocycles. The Hall–Kier alpha value is -0.450. The molecule has 6 heteroatoms. The molecule has 0 aliphatic carbocycles. The molecule has 0 radical (unpaired) electrons. The highest BCUT2D eigenvalue weighted by Crippen LogP contribution is 2.34. The predicted octanol–water partition coefficient (Wildman–Crippen LogP) is 2.79. The highest BCUT2D eigenvalue weighted by molar-refractivity contribution is 6.32. The van der Waals surface area contributed by atoms with Crippen molar-refractivity contribution in [1.82, 2.24) is 10.1 Å². The smallest absolute Gasteiger partial charge is 0.273 e. The summed E-state index contributed by atoms with van der Waals surface area (Å²) in [6, 6.07) is 0. The van der Waals surface area contributed by atoms with Crippen molar-refractivity contribution in [3.63, 3.8) is 0 Å². The molecule has 1 unspecified atom stereocenters. The number of nitrogens with zero attached hydrogens (tertiary/aromatic N) is 2. The van der Waals surface area contributed by atoms with Gasteiger partial charge in [0.15, 0.2) is 5.76 Å². The molecule has 102 valence electrons. The highest BCUT2D eigenvalue weighted by Gasteiger charge is 2.36. The van der Waals surface area contributed by atoms with Crippen LogP contribution < -0.4 is 4.74 Å². The minimum atomic E-state index is 0. The van der Waals surface area contributed by atoms with Gasteiger partial charge in [0, 0.05) is 13.0 Å². The number of fused-ring (bicyclic) bond motifs is 3. The first-order valence-corrected chi connectivity index (χ1v) is 6.68. The summed E-state index contributed by atoms with van der Waals surface area (Å²) in [7, 11) is 0. The fourth-order valence-electron chi connectivity index (χ4n) is 2.78. The van der Waals surface area contributed by atoms with Crippen molar-refractivity contribution in [2.45, 2.75) is 32.3 Å². The first-order chi connectivity index (χ1) is 8.28. The largest absolute Gasteiger partial charge is 0.469 e. The van der Waals surface area contributed by atoms with Crippen molar-refractivity contribution < 1.29 is 9.26 Å². The molecule has 0 aromatic carbocycles. The van der Waals surface area contributed by atoms with Crippen LogP contribution in [0.3, 0.4) is 0 Å². The molecule has 1 aromatic heterocycles. The Morgan fingerprint density at radius 3 is 2.67 bits per heavy atom. The van der Waals surface area contributed by atoms with Crippen LogP contribution in [0.4, 0.5) is 0 Å². The van der Waals surface area contributed by atoms with E-state index in [1.807, 2.05) is 6.92 Å². The molecule has 0 N–H and O–H groups in total. The van der Waals surface area contributed by atoms with Gasteiger partial charge < -0.3 is 9.26 Å². The number of aryl methyl sites for hydroxylation is 1. The SMILES string of the molecule is CCc1onc(OC2CN3CCC2CC3)c1Cl.Cl. The maximum absolute atomic E-state index is 6.15. The van der Waals surface area contributed by atoms with E-state index in [2.05, 4.69) is 10.1 Å². The average molecular weight is 293 g/mol. The van der Waals surface area contributed by atoms with Crippen LogP contribution in [-0.2, 0) is 6.42 Å². The highest BCUT2D eigenvalue weighted by atomic mass is 35.5. The molecule has 0 spiro atoms. The van der Waals surface area contributed by atoms with Crippen LogP contribution in [0.2, 0.25) is 5.02 Å². The lowest BCUT2D eigenvalue weighted by molar-refractivity contribution is -0.0113. The van der Waals surface area contributed by atoms with E-state index in [-0.39, 0.29) is 18.5 Å². The second-order valence-corrected chi connectivity index (χ2v) is 5.25. The van der Waals surface area contributed by atoms with Crippen LogP contribution in [0, 0.1) is 5.92 Å². The average Bonchev–Trinajstić information content (AvgIpc) is 2.72. The van der Waals surface area contributed by atoms with Crippen LogP contribution in [0.25, 0.3) is 0 Å². The number of ether oxygens (including phenoxy) is 1. The Bertz CT molecular complexity index is 403. The minimum absolute atomic E-state index is 0. The Labute approximate surface area is 118 Å². The summed E-state index contributed by atoms with van der Waals surface area (Å²) in [5, 5.41) is 4.46. The molecule has 4 heterocycles. The maximum atomic E-state index is 6.15. The third-order valence-corrected chi connectivity index (χ3v) is 4.22. The van der Waals surface area contributed by atoms with E-state index in [1.165, 1.54) is 25.9 Å². The standard InChI is InChI=1S/C12H17ClN2O2.ClH/c1-2-9-11(13)12(14-17-9)16-10-7-15-5-3-8(10)4-6-15;/h8,10H,2-7H2,1H3;1H. The summed E-state index contributed by atoms with van der Waals surface area (Å²) >= 11 is 6.15. The number of halogens is 2. The number of piperidine rings is 3. The topological polar surface area (TPSA) is 38.5 Å². The van der Waals surface area contributed by atoms with Crippen molar-refractivity contribution in [3.05, 3.63) is 10.8 Å². The van der Waals surface area contributed by atoms with E-state index in [4.69, 9.17) is 20.9 Å². The zero-order valence-corrected chi connectivity index (χ0v) is 12.0. The summed E-state index contributed by atoms with van der Waals surface area (Å²) in [6.07, 6.45) is 3.42. The normalized spacial score (nSPS) is 30.0. The fraction of sp³-hybridized carbons (Fsp3) is 0.750. The van der Waals surface area contributed by atoms with Crippen LogP contribution >= 0.6 is 24.0 Å². The van der Waals surface area contributed by atoms with Crippen LogP contribution in [0.5, 0.6) is 5.88 Å². The molecule has 1 aromatic rings. The van der Waals surface area contributed by atoms with Gasteiger partial charge in [-0.2, -0.15) is 0 Å². The van der Waals surface area contributed by atoms with E-state index in [9.17, 15) is 0 Å². The van der Waals surface area contributed by atoms with Gasteiger partial charge in [-0.15, -0.1) is 12.4 Å². The van der Waals surface area contributed by atoms with E-state index >= 15 is 0 Å². The zero-order valence-electron chi connectivity index (χ0n) is 10.4. The van der Waals surface area contributed by atoms with Crippen LogP contribution in [0.15, 0.2) is 4.52 Å². The lowest BCUT2D eigenvalue weighted by atomic mass is 9.86. The molecule has 18 heavy (non-hydrogen) atoms. The lowest BCUT2D eigenvalue weighted by Crippen LogP contribution is -2.52. The molecule has 0 saturated carbocycles. The lowest BCUT2D eigenvalue weighted by Gasteiger charge is -2.43. The van der Waals surface area contributed by atoms with Gasteiger partial charge in [-0.05, 0) is 37.0 Å². The molecular weight excluding hydrogens is 275 g/mol. The fourth-order valence-corrected chi connectivity index (χ4v) is 3.02. The van der Waals surface area contributed by atoms with Crippen molar-refractivity contribution in [2.24, 2.45) is 5.92 Å². The Morgan fingerprint density at radius 2 is 2.17 bits per heavy atom. The number of hydrogen-bond acceptors (Lipinski definition) is 4. The van der Waals surface area contributed by atoms with Crippen molar-refractivity contribution in [2.75, 3.05) is 19.6 Å². The van der Waals surface area contributed by atoms with Gasteiger partial charge in [0.2, 0.25) is 0 Å². The molecule has 3 aliphatic heterocycles. The Kier molecular flexibility index (Phi) is 4.41. The number of aromatic nitrogens is 1. The summed E-state index contributed by atoms with van der Waals surface area (Å²) in [5.74, 6) is 1.84. The van der Waals surface area contributed by atoms with Crippen molar-refractivity contribution >= 4 is 24.0 Å². The molecule has 3 aliphatic rings. The van der Waals surface area contributed by atoms with Crippen LogP contribution in [0.1, 0.15) is 25.5 Å². The molecule has 1 atom stereocenters. The van der Waals surface area contributed by atoms with Gasteiger partial charge in [0.1, 0.15) is 11.1 Å². The number of rotatable bonds is 3. The summed E-state index contributed by atoms with van der Waals surface area (Å²) in [5.41, 5.74) is 0. The van der Waals surface area contributed by atoms with E-state index in [1.54, 1.807) is 0 Å². The minimum Gasteiger partial charge on any atom is -0.469 e. The van der Waals surface area contributed by atoms with Crippen molar-refractivity contribution in [1.29, 1.82) is 0 Å². The Balaban J connectivity index is 0.00000120. The molecule has 4 nitrogen and oxygen atoms in total. The third kappa shape index (κ3) is 2.46.